The highest BCUT2D eigenvalue weighted by atomic mass is 16.5. The Morgan fingerprint density at radius 3 is 2.33 bits per heavy atom. The van der Waals surface area contributed by atoms with Crippen molar-refractivity contribution in [1.82, 2.24) is 0 Å². The van der Waals surface area contributed by atoms with Crippen molar-refractivity contribution < 1.29 is 9.47 Å². The molecule has 0 saturated heterocycles. The third kappa shape index (κ3) is 4.04. The second-order valence-electron chi connectivity index (χ2n) is 3.61. The highest BCUT2D eigenvalue weighted by Crippen LogP contribution is 2.17. The Morgan fingerprint density at radius 2 is 1.92 bits per heavy atom. The van der Waals surface area contributed by atoms with Gasteiger partial charge in [-0.2, -0.15) is 0 Å². The number of methoxy groups -OCH3 is 2. The standard InChI is InChI=1S/C9H21NO2/c1-8(7-12-4)9(2,10)5-6-11-3/h8H,5-7,10H2,1-4H3. The van der Waals surface area contributed by atoms with Crippen LogP contribution in [-0.4, -0.2) is 33.0 Å². The van der Waals surface area contributed by atoms with Crippen LogP contribution in [0.15, 0.2) is 0 Å². The smallest absolute Gasteiger partial charge is 0.0505 e. The summed E-state index contributed by atoms with van der Waals surface area (Å²) in [6.45, 7) is 5.55. The van der Waals surface area contributed by atoms with Gasteiger partial charge in [0.2, 0.25) is 0 Å². The zero-order chi connectivity index (χ0) is 9.61. The molecular weight excluding hydrogens is 154 g/mol. The van der Waals surface area contributed by atoms with E-state index in [1.165, 1.54) is 0 Å². The average Bonchev–Trinajstić information content (AvgIpc) is 2.01. The molecule has 0 amide bonds. The van der Waals surface area contributed by atoms with E-state index in [9.17, 15) is 0 Å². The summed E-state index contributed by atoms with van der Waals surface area (Å²) in [5.74, 6) is 0.359. The highest BCUT2D eigenvalue weighted by molar-refractivity contribution is 4.83. The molecule has 2 unspecified atom stereocenters. The van der Waals surface area contributed by atoms with Crippen molar-refractivity contribution in [2.45, 2.75) is 25.8 Å². The van der Waals surface area contributed by atoms with Crippen LogP contribution in [0, 0.1) is 5.92 Å². The fourth-order valence-corrected chi connectivity index (χ4v) is 1.01. The van der Waals surface area contributed by atoms with Gasteiger partial charge in [-0.25, -0.2) is 0 Å². The van der Waals surface area contributed by atoms with Crippen molar-refractivity contribution in [2.75, 3.05) is 27.4 Å². The van der Waals surface area contributed by atoms with Gasteiger partial charge in [-0.15, -0.1) is 0 Å². The van der Waals surface area contributed by atoms with Gasteiger partial charge in [-0.05, 0) is 19.3 Å². The van der Waals surface area contributed by atoms with E-state index < -0.39 is 0 Å². The van der Waals surface area contributed by atoms with Crippen molar-refractivity contribution in [3.63, 3.8) is 0 Å². The molecule has 0 aromatic rings. The molecule has 2 N–H and O–H groups in total. The van der Waals surface area contributed by atoms with Crippen LogP contribution < -0.4 is 5.73 Å². The fraction of sp³-hybridized carbons (Fsp3) is 1.00. The second kappa shape index (κ2) is 5.51. The lowest BCUT2D eigenvalue weighted by molar-refractivity contribution is 0.0972. The third-order valence-corrected chi connectivity index (χ3v) is 2.39. The minimum atomic E-state index is -0.188. The molecule has 0 rings (SSSR count). The first-order valence-corrected chi connectivity index (χ1v) is 4.31. The van der Waals surface area contributed by atoms with Gasteiger partial charge < -0.3 is 15.2 Å². The molecule has 0 heterocycles. The normalized spacial score (nSPS) is 18.8. The van der Waals surface area contributed by atoms with Crippen molar-refractivity contribution >= 4 is 0 Å². The molecule has 0 aliphatic carbocycles. The van der Waals surface area contributed by atoms with E-state index in [0.29, 0.717) is 19.1 Å². The van der Waals surface area contributed by atoms with E-state index in [4.69, 9.17) is 15.2 Å². The molecule has 0 aromatic heterocycles. The molecule has 2 atom stereocenters. The number of ether oxygens (including phenoxy) is 2. The Hall–Kier alpha value is -0.120. The zero-order valence-electron chi connectivity index (χ0n) is 8.59. The summed E-state index contributed by atoms with van der Waals surface area (Å²) in [5.41, 5.74) is 5.88. The number of nitrogens with two attached hydrogens (primary N) is 1. The van der Waals surface area contributed by atoms with Crippen LogP contribution in [0.1, 0.15) is 20.3 Å². The fourth-order valence-electron chi connectivity index (χ4n) is 1.01. The maximum absolute atomic E-state index is 6.07. The first-order valence-electron chi connectivity index (χ1n) is 4.31. The summed E-state index contributed by atoms with van der Waals surface area (Å²) in [6.07, 6.45) is 0.869. The summed E-state index contributed by atoms with van der Waals surface area (Å²) < 4.78 is 10.0. The van der Waals surface area contributed by atoms with Crippen LogP contribution in [0.2, 0.25) is 0 Å². The monoisotopic (exact) mass is 175 g/mol. The zero-order valence-corrected chi connectivity index (χ0v) is 8.59. The molecule has 74 valence electrons. The Bertz CT molecular complexity index is 115. The minimum Gasteiger partial charge on any atom is -0.385 e. The van der Waals surface area contributed by atoms with E-state index in [-0.39, 0.29) is 5.54 Å². The topological polar surface area (TPSA) is 44.5 Å². The van der Waals surface area contributed by atoms with E-state index >= 15 is 0 Å². The Kier molecular flexibility index (Phi) is 5.46. The van der Waals surface area contributed by atoms with Gasteiger partial charge in [0.15, 0.2) is 0 Å². The molecule has 3 nitrogen and oxygen atoms in total. The first-order chi connectivity index (χ1) is 5.54. The molecule has 0 aliphatic heterocycles. The Balaban J connectivity index is 3.81. The van der Waals surface area contributed by atoms with Crippen LogP contribution in [0.25, 0.3) is 0 Å². The summed E-state index contributed by atoms with van der Waals surface area (Å²) in [5, 5.41) is 0. The van der Waals surface area contributed by atoms with Gasteiger partial charge >= 0.3 is 0 Å². The summed E-state index contributed by atoms with van der Waals surface area (Å²) >= 11 is 0. The van der Waals surface area contributed by atoms with Crippen molar-refractivity contribution in [2.24, 2.45) is 11.7 Å². The SMILES string of the molecule is COCCC(C)(N)C(C)COC. The van der Waals surface area contributed by atoms with Gasteiger partial charge in [0.05, 0.1) is 6.61 Å². The van der Waals surface area contributed by atoms with Gasteiger partial charge in [0.1, 0.15) is 0 Å². The van der Waals surface area contributed by atoms with Crippen LogP contribution in [0.4, 0.5) is 0 Å². The van der Waals surface area contributed by atoms with Gasteiger partial charge in [0, 0.05) is 26.4 Å². The van der Waals surface area contributed by atoms with Crippen molar-refractivity contribution in [3.8, 4) is 0 Å². The second-order valence-corrected chi connectivity index (χ2v) is 3.61. The molecule has 3 heteroatoms. The number of hydrogen-bond acceptors (Lipinski definition) is 3. The number of hydrogen-bond donors (Lipinski definition) is 1. The lowest BCUT2D eigenvalue weighted by Crippen LogP contribution is -2.45. The van der Waals surface area contributed by atoms with Crippen molar-refractivity contribution in [3.05, 3.63) is 0 Å². The van der Waals surface area contributed by atoms with Gasteiger partial charge in [-0.3, -0.25) is 0 Å². The largest absolute Gasteiger partial charge is 0.385 e. The lowest BCUT2D eigenvalue weighted by Gasteiger charge is -2.30. The van der Waals surface area contributed by atoms with Gasteiger partial charge in [-0.1, -0.05) is 6.92 Å². The molecular formula is C9H21NO2. The summed E-state index contributed by atoms with van der Waals surface area (Å²) in [4.78, 5) is 0. The average molecular weight is 175 g/mol. The minimum absolute atomic E-state index is 0.188. The molecule has 0 radical (unpaired) electrons. The van der Waals surface area contributed by atoms with E-state index in [1.54, 1.807) is 14.2 Å². The predicted octanol–water partition coefficient (Wildman–Crippen LogP) is 1.02. The lowest BCUT2D eigenvalue weighted by atomic mass is 9.86. The van der Waals surface area contributed by atoms with Crippen LogP contribution in [0.3, 0.4) is 0 Å². The maximum atomic E-state index is 6.07. The number of rotatable bonds is 6. The summed E-state index contributed by atoms with van der Waals surface area (Å²) in [6, 6.07) is 0. The molecule has 12 heavy (non-hydrogen) atoms. The highest BCUT2D eigenvalue weighted by Gasteiger charge is 2.25. The van der Waals surface area contributed by atoms with Crippen LogP contribution >= 0.6 is 0 Å². The molecule has 0 bridgehead atoms. The van der Waals surface area contributed by atoms with E-state index in [0.717, 1.165) is 6.42 Å². The maximum Gasteiger partial charge on any atom is 0.0505 e. The quantitative estimate of drug-likeness (QED) is 0.655. The predicted molar refractivity (Wildman–Crippen MR) is 50.1 cm³/mol. The Labute approximate surface area is 75.2 Å². The molecule has 0 aromatic carbocycles. The van der Waals surface area contributed by atoms with Crippen LogP contribution in [0.5, 0.6) is 0 Å². The molecule has 0 fully saturated rings. The molecule has 0 spiro atoms. The van der Waals surface area contributed by atoms with E-state index in [1.807, 2.05) is 6.92 Å². The molecule has 0 aliphatic rings. The molecule has 0 saturated carbocycles. The Morgan fingerprint density at radius 1 is 1.33 bits per heavy atom. The first kappa shape index (κ1) is 11.9. The summed E-state index contributed by atoms with van der Waals surface area (Å²) in [7, 11) is 3.39. The third-order valence-electron chi connectivity index (χ3n) is 2.39. The van der Waals surface area contributed by atoms with Gasteiger partial charge in [0.25, 0.3) is 0 Å². The van der Waals surface area contributed by atoms with Crippen molar-refractivity contribution in [1.29, 1.82) is 0 Å². The van der Waals surface area contributed by atoms with E-state index in [2.05, 4.69) is 6.92 Å². The van der Waals surface area contributed by atoms with Crippen LogP contribution in [-0.2, 0) is 9.47 Å².